The molecule has 0 bridgehead atoms. The monoisotopic (exact) mass is 264 g/mol. The number of rotatable bonds is 6. The Balaban J connectivity index is 2.87. The maximum Gasteiger partial charge on any atom is 0.132 e. The maximum atomic E-state index is 4.55. The van der Waals surface area contributed by atoms with Gasteiger partial charge in [-0.2, -0.15) is 0 Å². The highest BCUT2D eigenvalue weighted by Crippen LogP contribution is 2.23. The molecule has 4 nitrogen and oxygen atoms in total. The van der Waals surface area contributed by atoms with Crippen LogP contribution in [0.5, 0.6) is 0 Å². The number of hydrogen-bond donors (Lipinski definition) is 2. The van der Waals surface area contributed by atoms with E-state index in [0.29, 0.717) is 6.04 Å². The molecule has 0 aliphatic carbocycles. The molecule has 0 saturated carbocycles. The molecule has 0 amide bonds. The number of nitrogens with zero attached hydrogens (tertiary/aromatic N) is 2. The molecule has 1 heterocycles. The van der Waals surface area contributed by atoms with Crippen molar-refractivity contribution in [2.75, 3.05) is 17.2 Å². The summed E-state index contributed by atoms with van der Waals surface area (Å²) in [6.07, 6.45) is 1.94. The fourth-order valence-corrected chi connectivity index (χ4v) is 1.51. The lowest BCUT2D eigenvalue weighted by Gasteiger charge is -2.28. The van der Waals surface area contributed by atoms with E-state index in [-0.39, 0.29) is 5.41 Å². The topological polar surface area (TPSA) is 49.8 Å². The van der Waals surface area contributed by atoms with Crippen molar-refractivity contribution < 1.29 is 0 Å². The molecule has 0 aliphatic heterocycles. The second kappa shape index (κ2) is 6.73. The molecule has 1 aromatic heterocycles. The van der Waals surface area contributed by atoms with Gasteiger partial charge in [0.1, 0.15) is 17.5 Å². The second-order valence-electron chi connectivity index (χ2n) is 6.07. The maximum absolute atomic E-state index is 4.55. The minimum Gasteiger partial charge on any atom is -0.370 e. The molecule has 0 radical (unpaired) electrons. The van der Waals surface area contributed by atoms with Gasteiger partial charge in [-0.1, -0.05) is 34.6 Å². The van der Waals surface area contributed by atoms with Gasteiger partial charge in [0.2, 0.25) is 0 Å². The zero-order valence-electron chi connectivity index (χ0n) is 13.2. The van der Waals surface area contributed by atoms with Crippen LogP contribution in [0, 0.1) is 5.41 Å². The summed E-state index contributed by atoms with van der Waals surface area (Å²) in [7, 11) is 0. The predicted octanol–water partition coefficient (Wildman–Crippen LogP) is 3.71. The Morgan fingerprint density at radius 1 is 1.16 bits per heavy atom. The smallest absolute Gasteiger partial charge is 0.132 e. The Morgan fingerprint density at radius 2 is 1.79 bits per heavy atom. The largest absolute Gasteiger partial charge is 0.370 e. The van der Waals surface area contributed by atoms with Crippen LogP contribution in [-0.4, -0.2) is 22.6 Å². The summed E-state index contributed by atoms with van der Waals surface area (Å²) in [6, 6.07) is 2.35. The van der Waals surface area contributed by atoms with E-state index in [4.69, 9.17) is 0 Å². The van der Waals surface area contributed by atoms with Gasteiger partial charge in [-0.25, -0.2) is 9.97 Å². The number of hydrogen-bond acceptors (Lipinski definition) is 4. The molecule has 0 aliphatic rings. The van der Waals surface area contributed by atoms with E-state index in [9.17, 15) is 0 Å². The Kier molecular flexibility index (Phi) is 5.58. The summed E-state index contributed by atoms with van der Waals surface area (Å²) >= 11 is 0. The third-order valence-electron chi connectivity index (χ3n) is 3.31. The Hall–Kier alpha value is -1.32. The Labute approximate surface area is 117 Å². The van der Waals surface area contributed by atoms with Gasteiger partial charge in [0.25, 0.3) is 0 Å². The number of anilines is 2. The molecule has 1 aromatic rings. The van der Waals surface area contributed by atoms with Gasteiger partial charge in [-0.15, -0.1) is 0 Å². The van der Waals surface area contributed by atoms with E-state index in [1.54, 1.807) is 0 Å². The molecule has 19 heavy (non-hydrogen) atoms. The summed E-state index contributed by atoms with van der Waals surface area (Å²) < 4.78 is 0. The van der Waals surface area contributed by atoms with Crippen molar-refractivity contribution >= 4 is 11.6 Å². The first-order valence-electron chi connectivity index (χ1n) is 7.25. The van der Waals surface area contributed by atoms with Gasteiger partial charge in [0.15, 0.2) is 0 Å². The second-order valence-corrected chi connectivity index (χ2v) is 6.07. The highest BCUT2D eigenvalue weighted by molar-refractivity contribution is 5.48. The first-order chi connectivity index (χ1) is 8.86. The van der Waals surface area contributed by atoms with E-state index >= 15 is 0 Å². The summed E-state index contributed by atoms with van der Waals surface area (Å²) in [5.41, 5.74) is 0.203. The Morgan fingerprint density at radius 3 is 2.32 bits per heavy atom. The first-order valence-corrected chi connectivity index (χ1v) is 7.25. The highest BCUT2D eigenvalue weighted by Gasteiger charge is 2.20. The zero-order chi connectivity index (χ0) is 14.5. The van der Waals surface area contributed by atoms with Crippen molar-refractivity contribution in [3.8, 4) is 0 Å². The average Bonchev–Trinajstić information content (AvgIpc) is 2.34. The van der Waals surface area contributed by atoms with Gasteiger partial charge in [0, 0.05) is 25.1 Å². The molecule has 1 atom stereocenters. The summed E-state index contributed by atoms with van der Waals surface area (Å²) in [5, 5.41) is 6.81. The molecule has 4 heteroatoms. The molecule has 0 spiro atoms. The predicted molar refractivity (Wildman–Crippen MR) is 82.7 cm³/mol. The van der Waals surface area contributed by atoms with E-state index in [1.165, 1.54) is 0 Å². The Bertz CT molecular complexity index is 396. The van der Waals surface area contributed by atoms with E-state index in [2.05, 4.69) is 62.1 Å². The average molecular weight is 264 g/mol. The van der Waals surface area contributed by atoms with Crippen LogP contribution in [0.4, 0.5) is 11.6 Å². The van der Waals surface area contributed by atoms with Crippen LogP contribution in [0.15, 0.2) is 6.07 Å². The van der Waals surface area contributed by atoms with Crippen molar-refractivity contribution in [2.24, 2.45) is 5.41 Å². The highest BCUT2D eigenvalue weighted by atomic mass is 15.1. The first kappa shape index (κ1) is 15.7. The summed E-state index contributed by atoms with van der Waals surface area (Å²) in [5.74, 6) is 2.70. The number of nitrogens with one attached hydrogen (secondary N) is 2. The van der Waals surface area contributed by atoms with Crippen LogP contribution in [0.25, 0.3) is 0 Å². The van der Waals surface area contributed by atoms with Gasteiger partial charge < -0.3 is 10.6 Å². The SMILES string of the molecule is CCCNc1cc(NC(C)C(C)(C)C)nc(CC)n1. The molecular formula is C15H28N4. The van der Waals surface area contributed by atoms with E-state index in [0.717, 1.165) is 36.8 Å². The van der Waals surface area contributed by atoms with E-state index < -0.39 is 0 Å². The van der Waals surface area contributed by atoms with Gasteiger partial charge in [0.05, 0.1) is 0 Å². The lowest BCUT2D eigenvalue weighted by Crippen LogP contribution is -2.31. The van der Waals surface area contributed by atoms with Crippen molar-refractivity contribution in [3.05, 3.63) is 11.9 Å². The molecule has 0 aromatic carbocycles. The van der Waals surface area contributed by atoms with Crippen molar-refractivity contribution in [3.63, 3.8) is 0 Å². The van der Waals surface area contributed by atoms with Crippen LogP contribution in [0.2, 0.25) is 0 Å². The van der Waals surface area contributed by atoms with Crippen LogP contribution < -0.4 is 10.6 Å². The minimum atomic E-state index is 0.203. The molecule has 108 valence electrons. The molecule has 0 saturated heterocycles. The van der Waals surface area contributed by atoms with E-state index in [1.807, 2.05) is 6.07 Å². The van der Waals surface area contributed by atoms with Crippen LogP contribution in [0.1, 0.15) is 53.8 Å². The van der Waals surface area contributed by atoms with Crippen LogP contribution >= 0.6 is 0 Å². The lowest BCUT2D eigenvalue weighted by atomic mass is 9.88. The third kappa shape index (κ3) is 5.05. The zero-order valence-corrected chi connectivity index (χ0v) is 13.2. The minimum absolute atomic E-state index is 0.203. The summed E-state index contributed by atoms with van der Waals surface area (Å²) in [4.78, 5) is 9.05. The molecule has 1 rings (SSSR count). The van der Waals surface area contributed by atoms with Crippen molar-refractivity contribution in [1.29, 1.82) is 0 Å². The molecule has 1 unspecified atom stereocenters. The standard InChI is InChI=1S/C15H28N4/c1-7-9-16-13-10-14(19-12(8-2)18-13)17-11(3)15(4,5)6/h10-11H,7-9H2,1-6H3,(H2,16,17,18,19). The fraction of sp³-hybridized carbons (Fsp3) is 0.733. The number of aryl methyl sites for hydroxylation is 1. The molecule has 2 N–H and O–H groups in total. The fourth-order valence-electron chi connectivity index (χ4n) is 1.51. The molecule has 0 fully saturated rings. The number of aromatic nitrogens is 2. The van der Waals surface area contributed by atoms with Crippen molar-refractivity contribution in [2.45, 2.75) is 60.4 Å². The van der Waals surface area contributed by atoms with Gasteiger partial charge in [-0.05, 0) is 18.8 Å². The van der Waals surface area contributed by atoms with Gasteiger partial charge >= 0.3 is 0 Å². The van der Waals surface area contributed by atoms with Crippen molar-refractivity contribution in [1.82, 2.24) is 9.97 Å². The quantitative estimate of drug-likeness (QED) is 0.822. The summed E-state index contributed by atoms with van der Waals surface area (Å²) in [6.45, 7) is 14.0. The third-order valence-corrected chi connectivity index (χ3v) is 3.31. The van der Waals surface area contributed by atoms with Crippen LogP contribution in [0.3, 0.4) is 0 Å². The van der Waals surface area contributed by atoms with Gasteiger partial charge in [-0.3, -0.25) is 0 Å². The molecular weight excluding hydrogens is 236 g/mol. The lowest BCUT2D eigenvalue weighted by molar-refractivity contribution is 0.358. The normalized spacial score (nSPS) is 13.2. The van der Waals surface area contributed by atoms with Crippen LogP contribution in [-0.2, 0) is 6.42 Å².